The van der Waals surface area contributed by atoms with E-state index in [-0.39, 0.29) is 53.3 Å². The van der Waals surface area contributed by atoms with Crippen LogP contribution in [0.5, 0.6) is 0 Å². The van der Waals surface area contributed by atoms with Crippen LogP contribution >= 0.6 is 35.7 Å². The molecule has 0 amide bonds. The van der Waals surface area contributed by atoms with Gasteiger partial charge in [-0.25, -0.2) is 22.5 Å². The van der Waals surface area contributed by atoms with Crippen LogP contribution in [0.1, 0.15) is 0 Å². The van der Waals surface area contributed by atoms with E-state index in [1.165, 1.54) is 6.07 Å². The molecule has 2 N–H and O–H groups in total. The Morgan fingerprint density at radius 3 is 2.57 bits per heavy atom. The average Bonchev–Trinajstić information content (AvgIpc) is 2.71. The SMILES string of the molecule is I.N#CCn1c(=O)n(C(=N)SC(=N)C(F)F)c2ccc(F)cc21. The van der Waals surface area contributed by atoms with E-state index in [1.54, 1.807) is 6.07 Å². The van der Waals surface area contributed by atoms with Crippen molar-refractivity contribution < 1.29 is 13.2 Å². The number of alkyl halides is 2. The molecular formula is C12H9F3IN5OS. The number of nitrogens with zero attached hydrogens (tertiary/aromatic N) is 3. The zero-order chi connectivity index (χ0) is 16.4. The molecule has 23 heavy (non-hydrogen) atoms. The number of halogens is 4. The fourth-order valence-corrected chi connectivity index (χ4v) is 2.41. The first kappa shape index (κ1) is 19.2. The van der Waals surface area contributed by atoms with E-state index in [9.17, 15) is 18.0 Å². The molecule has 2 rings (SSSR count). The monoisotopic (exact) mass is 455 g/mol. The molecule has 0 spiro atoms. The molecule has 2 aromatic rings. The number of hydrogen-bond acceptors (Lipinski definition) is 5. The Balaban J connectivity index is 0.00000264. The third-order valence-corrected chi connectivity index (χ3v) is 3.50. The first-order valence-corrected chi connectivity index (χ1v) is 6.59. The van der Waals surface area contributed by atoms with Gasteiger partial charge in [-0.05, 0) is 30.0 Å². The molecule has 11 heteroatoms. The lowest BCUT2D eigenvalue weighted by atomic mass is 10.3. The first-order valence-electron chi connectivity index (χ1n) is 5.78. The summed E-state index contributed by atoms with van der Waals surface area (Å²) in [4.78, 5) is 12.2. The zero-order valence-corrected chi connectivity index (χ0v) is 14.4. The van der Waals surface area contributed by atoms with Gasteiger partial charge in [-0.1, -0.05) is 0 Å². The van der Waals surface area contributed by atoms with Gasteiger partial charge in [-0.2, -0.15) is 5.26 Å². The van der Waals surface area contributed by atoms with E-state index in [1.807, 2.05) is 0 Å². The summed E-state index contributed by atoms with van der Waals surface area (Å²) in [5, 5.41) is 21.8. The number of rotatable bonds is 2. The molecule has 6 nitrogen and oxygen atoms in total. The fourth-order valence-electron chi connectivity index (χ4n) is 1.84. The van der Waals surface area contributed by atoms with E-state index in [0.717, 1.165) is 21.3 Å². The highest BCUT2D eigenvalue weighted by Crippen LogP contribution is 2.19. The minimum Gasteiger partial charge on any atom is -0.293 e. The molecule has 0 saturated heterocycles. The second kappa shape index (κ2) is 7.64. The highest BCUT2D eigenvalue weighted by Gasteiger charge is 2.21. The Bertz CT molecular complexity index is 870. The second-order valence-electron chi connectivity index (χ2n) is 4.07. The van der Waals surface area contributed by atoms with E-state index in [0.29, 0.717) is 0 Å². The van der Waals surface area contributed by atoms with Gasteiger partial charge in [0.1, 0.15) is 17.4 Å². The van der Waals surface area contributed by atoms with Crippen molar-refractivity contribution in [1.82, 2.24) is 9.13 Å². The van der Waals surface area contributed by atoms with Crippen molar-refractivity contribution in [2.75, 3.05) is 0 Å². The Morgan fingerprint density at radius 2 is 2.00 bits per heavy atom. The van der Waals surface area contributed by atoms with Gasteiger partial charge in [0.15, 0.2) is 5.17 Å². The van der Waals surface area contributed by atoms with E-state index in [2.05, 4.69) is 0 Å². The van der Waals surface area contributed by atoms with Crippen molar-refractivity contribution in [3.8, 4) is 6.07 Å². The minimum absolute atomic E-state index is 0. The maximum Gasteiger partial charge on any atom is 0.336 e. The molecule has 1 heterocycles. The van der Waals surface area contributed by atoms with E-state index >= 15 is 0 Å². The number of nitriles is 1. The van der Waals surface area contributed by atoms with Crippen LogP contribution in [0.25, 0.3) is 11.0 Å². The van der Waals surface area contributed by atoms with Gasteiger partial charge in [-0.3, -0.25) is 15.4 Å². The Labute approximate surface area is 148 Å². The summed E-state index contributed by atoms with van der Waals surface area (Å²) < 4.78 is 39.7. The quantitative estimate of drug-likeness (QED) is 0.414. The summed E-state index contributed by atoms with van der Waals surface area (Å²) in [5.74, 6) is -0.643. The van der Waals surface area contributed by atoms with Crippen molar-refractivity contribution in [3.05, 3.63) is 34.5 Å². The van der Waals surface area contributed by atoms with Crippen molar-refractivity contribution in [1.29, 1.82) is 16.1 Å². The van der Waals surface area contributed by atoms with Crippen molar-refractivity contribution in [2.24, 2.45) is 0 Å². The normalized spacial score (nSPS) is 10.4. The number of thioether (sulfide) groups is 1. The molecule has 0 atom stereocenters. The highest BCUT2D eigenvalue weighted by atomic mass is 127. The van der Waals surface area contributed by atoms with Gasteiger partial charge < -0.3 is 0 Å². The molecule has 1 aromatic heterocycles. The van der Waals surface area contributed by atoms with Gasteiger partial charge in [0.05, 0.1) is 17.1 Å². The summed E-state index contributed by atoms with van der Waals surface area (Å²) in [7, 11) is 0. The van der Waals surface area contributed by atoms with Crippen molar-refractivity contribution >= 4 is 57.0 Å². The van der Waals surface area contributed by atoms with Gasteiger partial charge in [-0.15, -0.1) is 24.0 Å². The topological polar surface area (TPSA) is 98.4 Å². The van der Waals surface area contributed by atoms with Crippen LogP contribution in [0, 0.1) is 28.0 Å². The van der Waals surface area contributed by atoms with Gasteiger partial charge in [0.25, 0.3) is 6.43 Å². The number of hydrogen-bond donors (Lipinski definition) is 2. The number of aromatic nitrogens is 2. The molecule has 0 saturated carbocycles. The molecule has 0 aliphatic carbocycles. The Hall–Kier alpha value is -1.81. The molecule has 0 aliphatic rings. The number of benzene rings is 1. The average molecular weight is 455 g/mol. The standard InChI is InChI=1S/C12H8F3N5OS.HI/c13-6-1-2-7-8(5-6)19(4-3-16)12(21)20(7)11(18)22-10(17)9(14)15;/h1-2,5,9,17-18H,4H2;1H. The third-order valence-electron chi connectivity index (χ3n) is 2.73. The number of nitrogens with one attached hydrogen (secondary N) is 2. The Morgan fingerprint density at radius 1 is 1.35 bits per heavy atom. The maximum atomic E-state index is 13.3. The molecule has 0 radical (unpaired) electrons. The smallest absolute Gasteiger partial charge is 0.293 e. The van der Waals surface area contributed by atoms with Crippen LogP contribution in [0.3, 0.4) is 0 Å². The molecule has 1 aromatic carbocycles. The first-order chi connectivity index (χ1) is 10.4. The van der Waals surface area contributed by atoms with Gasteiger partial charge in [0, 0.05) is 0 Å². The van der Waals surface area contributed by atoms with Crippen LogP contribution in [-0.2, 0) is 6.54 Å². The largest absolute Gasteiger partial charge is 0.336 e. The summed E-state index contributed by atoms with van der Waals surface area (Å²) >= 11 is 0.115. The molecule has 0 fully saturated rings. The lowest BCUT2D eigenvalue weighted by molar-refractivity contribution is 0.228. The Kier molecular flexibility index (Phi) is 6.39. The van der Waals surface area contributed by atoms with Crippen molar-refractivity contribution in [3.63, 3.8) is 0 Å². The predicted molar refractivity (Wildman–Crippen MR) is 91.6 cm³/mol. The third kappa shape index (κ3) is 3.75. The summed E-state index contributed by atoms with van der Waals surface area (Å²) in [6.45, 7) is -0.379. The summed E-state index contributed by atoms with van der Waals surface area (Å²) in [5.41, 5.74) is -0.664. The van der Waals surface area contributed by atoms with Crippen molar-refractivity contribution in [2.45, 2.75) is 13.0 Å². The molecule has 0 unspecified atom stereocenters. The molecule has 122 valence electrons. The zero-order valence-electron chi connectivity index (χ0n) is 11.2. The lowest BCUT2D eigenvalue weighted by Gasteiger charge is -2.05. The summed E-state index contributed by atoms with van der Waals surface area (Å²) in [6.07, 6.45) is -3.06. The molecule has 0 aliphatic heterocycles. The van der Waals surface area contributed by atoms with Crippen LogP contribution in [-0.4, -0.2) is 25.8 Å². The highest BCUT2D eigenvalue weighted by molar-refractivity contribution is 14.0. The van der Waals surface area contributed by atoms with Crippen LogP contribution in [0.4, 0.5) is 13.2 Å². The van der Waals surface area contributed by atoms with E-state index in [4.69, 9.17) is 16.1 Å². The van der Waals surface area contributed by atoms with Crippen LogP contribution < -0.4 is 5.69 Å². The van der Waals surface area contributed by atoms with E-state index < -0.39 is 28.1 Å². The molecular weight excluding hydrogens is 446 g/mol. The van der Waals surface area contributed by atoms with Gasteiger partial charge >= 0.3 is 5.69 Å². The van der Waals surface area contributed by atoms with Gasteiger partial charge in [0.2, 0.25) is 0 Å². The van der Waals surface area contributed by atoms with Crippen LogP contribution in [0.15, 0.2) is 23.0 Å². The minimum atomic E-state index is -3.06. The fraction of sp³-hybridized carbons (Fsp3) is 0.167. The second-order valence-corrected chi connectivity index (χ2v) is 5.10. The number of imidazole rings is 1. The lowest BCUT2D eigenvalue weighted by Crippen LogP contribution is -2.28. The predicted octanol–water partition coefficient (Wildman–Crippen LogP) is 2.84. The maximum absolute atomic E-state index is 13.3. The number of fused-ring (bicyclic) bond motifs is 1. The summed E-state index contributed by atoms with van der Waals surface area (Å²) in [6, 6.07) is 5.01. The van der Waals surface area contributed by atoms with Crippen LogP contribution in [0.2, 0.25) is 0 Å². The molecule has 0 bridgehead atoms.